The van der Waals surface area contributed by atoms with E-state index in [0.29, 0.717) is 11.2 Å². The maximum absolute atomic E-state index is 12.4. The number of carbonyl (C=O) groups excluding carboxylic acids is 1. The van der Waals surface area contributed by atoms with Gasteiger partial charge in [0.15, 0.2) is 11.0 Å². The van der Waals surface area contributed by atoms with Gasteiger partial charge < -0.3 is 9.88 Å². The molecule has 9 heteroatoms. The molecule has 0 unspecified atom stereocenters. The van der Waals surface area contributed by atoms with E-state index in [0.717, 1.165) is 40.3 Å². The Hall–Kier alpha value is -2.78. The molecule has 2 heterocycles. The van der Waals surface area contributed by atoms with Crippen LogP contribution in [0.15, 0.2) is 53.7 Å². The van der Waals surface area contributed by atoms with Crippen molar-refractivity contribution >= 4 is 46.1 Å². The summed E-state index contributed by atoms with van der Waals surface area (Å²) in [7, 11) is 0. The Kier molecular flexibility index (Phi) is 5.12. The first-order valence-electron chi connectivity index (χ1n) is 8.39. The van der Waals surface area contributed by atoms with Crippen molar-refractivity contribution in [2.45, 2.75) is 18.6 Å². The van der Waals surface area contributed by atoms with Crippen LogP contribution in [0.25, 0.3) is 22.4 Å². The van der Waals surface area contributed by atoms with Gasteiger partial charge in [-0.1, -0.05) is 48.2 Å². The van der Waals surface area contributed by atoms with Crippen LogP contribution in [0.1, 0.15) is 6.92 Å². The average molecular weight is 397 g/mol. The van der Waals surface area contributed by atoms with Gasteiger partial charge in [-0.2, -0.15) is 8.75 Å². The highest BCUT2D eigenvalue weighted by atomic mass is 32.2. The number of benzene rings is 2. The number of nitrogens with zero attached hydrogens (tertiary/aromatic N) is 5. The van der Waals surface area contributed by atoms with Gasteiger partial charge in [0.25, 0.3) is 0 Å². The van der Waals surface area contributed by atoms with Crippen LogP contribution in [-0.2, 0) is 11.3 Å². The minimum Gasteiger partial charge on any atom is -0.323 e. The van der Waals surface area contributed by atoms with Gasteiger partial charge in [0.2, 0.25) is 5.91 Å². The van der Waals surface area contributed by atoms with Crippen LogP contribution >= 0.6 is 23.5 Å². The molecular weight excluding hydrogens is 380 g/mol. The summed E-state index contributed by atoms with van der Waals surface area (Å²) in [6.45, 7) is 2.76. The highest BCUT2D eigenvalue weighted by molar-refractivity contribution is 7.99. The quantitative estimate of drug-likeness (QED) is 0.500. The van der Waals surface area contributed by atoms with Gasteiger partial charge >= 0.3 is 0 Å². The smallest absolute Gasteiger partial charge is 0.234 e. The fourth-order valence-corrected chi connectivity index (χ4v) is 4.06. The van der Waals surface area contributed by atoms with Crippen LogP contribution in [0.4, 0.5) is 5.69 Å². The van der Waals surface area contributed by atoms with Crippen molar-refractivity contribution in [3.8, 4) is 11.4 Å². The van der Waals surface area contributed by atoms with Gasteiger partial charge in [-0.15, -0.1) is 10.2 Å². The van der Waals surface area contributed by atoms with Crippen molar-refractivity contribution in [3.05, 3.63) is 48.5 Å². The molecule has 7 nitrogen and oxygen atoms in total. The molecule has 27 heavy (non-hydrogen) atoms. The summed E-state index contributed by atoms with van der Waals surface area (Å²) in [5.74, 6) is 0.924. The lowest BCUT2D eigenvalue weighted by Crippen LogP contribution is -2.15. The summed E-state index contributed by atoms with van der Waals surface area (Å²) in [4.78, 5) is 12.4. The highest BCUT2D eigenvalue weighted by Crippen LogP contribution is 2.25. The minimum atomic E-state index is -0.118. The maximum atomic E-state index is 12.4. The molecule has 2 aromatic carbocycles. The van der Waals surface area contributed by atoms with E-state index in [9.17, 15) is 4.79 Å². The molecule has 0 aliphatic carbocycles. The normalized spacial score (nSPS) is 11.0. The molecule has 0 radical (unpaired) electrons. The molecule has 1 amide bonds. The third-order valence-electron chi connectivity index (χ3n) is 3.96. The zero-order valence-electron chi connectivity index (χ0n) is 14.5. The molecule has 0 spiro atoms. The molecule has 136 valence electrons. The summed E-state index contributed by atoms with van der Waals surface area (Å²) in [6.07, 6.45) is 0. The third kappa shape index (κ3) is 3.69. The Morgan fingerprint density at radius 3 is 2.78 bits per heavy atom. The molecule has 0 saturated carbocycles. The summed E-state index contributed by atoms with van der Waals surface area (Å²) in [5, 5.41) is 12.2. The molecule has 0 aliphatic heterocycles. The van der Waals surface area contributed by atoms with E-state index in [4.69, 9.17) is 0 Å². The number of rotatable bonds is 6. The number of nitrogens with one attached hydrogen (secondary N) is 1. The van der Waals surface area contributed by atoms with Gasteiger partial charge in [-0.25, -0.2) is 0 Å². The summed E-state index contributed by atoms with van der Waals surface area (Å²) in [6, 6.07) is 15.5. The van der Waals surface area contributed by atoms with Crippen LogP contribution in [0.2, 0.25) is 0 Å². The third-order valence-corrected chi connectivity index (χ3v) is 5.47. The first kappa shape index (κ1) is 17.6. The van der Waals surface area contributed by atoms with Crippen molar-refractivity contribution in [2.75, 3.05) is 11.1 Å². The number of hydrogen-bond donors (Lipinski definition) is 1. The second-order valence-corrected chi connectivity index (χ2v) is 7.16. The molecule has 0 fully saturated rings. The molecule has 0 atom stereocenters. The number of carbonyl (C=O) groups is 1. The standard InChI is InChI=1S/C18H16N6OS2/c1-2-24-17(12-7-4-3-5-8-12)20-21-18(24)26-11-15(25)19-13-9-6-10-14-16(13)23-27-22-14/h3-10H,2,11H2,1H3,(H,19,25). The summed E-state index contributed by atoms with van der Waals surface area (Å²) < 4.78 is 10.4. The number of hydrogen-bond acceptors (Lipinski definition) is 7. The Labute approximate surface area is 164 Å². The predicted molar refractivity (Wildman–Crippen MR) is 108 cm³/mol. The van der Waals surface area contributed by atoms with E-state index in [2.05, 4.69) is 24.3 Å². The van der Waals surface area contributed by atoms with Crippen molar-refractivity contribution in [3.63, 3.8) is 0 Å². The molecular formula is C18H16N6OS2. The SMILES string of the molecule is CCn1c(SCC(=O)Nc2cccc3nsnc23)nnc1-c1ccccc1. The van der Waals surface area contributed by atoms with Crippen LogP contribution < -0.4 is 5.32 Å². The molecule has 0 aliphatic rings. The number of fused-ring (bicyclic) bond motifs is 1. The number of aromatic nitrogens is 5. The van der Waals surface area contributed by atoms with E-state index in [-0.39, 0.29) is 11.7 Å². The van der Waals surface area contributed by atoms with Crippen molar-refractivity contribution < 1.29 is 4.79 Å². The maximum Gasteiger partial charge on any atom is 0.234 e. The summed E-state index contributed by atoms with van der Waals surface area (Å²) >= 11 is 2.50. The fourth-order valence-electron chi connectivity index (χ4n) is 2.70. The lowest BCUT2D eigenvalue weighted by atomic mass is 10.2. The Balaban J connectivity index is 1.46. The van der Waals surface area contributed by atoms with Crippen molar-refractivity contribution in [1.82, 2.24) is 23.5 Å². The van der Waals surface area contributed by atoms with Crippen LogP contribution in [0.5, 0.6) is 0 Å². The van der Waals surface area contributed by atoms with Crippen molar-refractivity contribution in [1.29, 1.82) is 0 Å². The van der Waals surface area contributed by atoms with E-state index >= 15 is 0 Å². The van der Waals surface area contributed by atoms with E-state index in [1.165, 1.54) is 11.8 Å². The van der Waals surface area contributed by atoms with Crippen LogP contribution in [0, 0.1) is 0 Å². The molecule has 2 aromatic heterocycles. The second kappa shape index (κ2) is 7.85. The molecule has 4 rings (SSSR count). The number of anilines is 1. The van der Waals surface area contributed by atoms with E-state index in [1.807, 2.05) is 60.0 Å². The number of thioether (sulfide) groups is 1. The van der Waals surface area contributed by atoms with E-state index < -0.39 is 0 Å². The highest BCUT2D eigenvalue weighted by Gasteiger charge is 2.15. The molecule has 0 bridgehead atoms. The zero-order valence-corrected chi connectivity index (χ0v) is 16.1. The molecule has 1 N–H and O–H groups in total. The van der Waals surface area contributed by atoms with Crippen LogP contribution in [-0.4, -0.2) is 35.2 Å². The monoisotopic (exact) mass is 396 g/mol. The Morgan fingerprint density at radius 2 is 1.96 bits per heavy atom. The van der Waals surface area contributed by atoms with Crippen LogP contribution in [0.3, 0.4) is 0 Å². The largest absolute Gasteiger partial charge is 0.323 e. The first-order chi connectivity index (χ1) is 13.3. The molecule has 4 aromatic rings. The average Bonchev–Trinajstić information content (AvgIpc) is 3.34. The first-order valence-corrected chi connectivity index (χ1v) is 10.1. The topological polar surface area (TPSA) is 85.6 Å². The van der Waals surface area contributed by atoms with Gasteiger partial charge in [0.05, 0.1) is 23.2 Å². The predicted octanol–water partition coefficient (Wildman–Crippen LogP) is 3.70. The van der Waals surface area contributed by atoms with Crippen molar-refractivity contribution in [2.24, 2.45) is 0 Å². The van der Waals surface area contributed by atoms with E-state index in [1.54, 1.807) is 0 Å². The Morgan fingerprint density at radius 1 is 1.11 bits per heavy atom. The van der Waals surface area contributed by atoms with Gasteiger partial charge in [0.1, 0.15) is 11.0 Å². The van der Waals surface area contributed by atoms with Gasteiger partial charge in [-0.3, -0.25) is 4.79 Å². The fraction of sp³-hybridized carbons (Fsp3) is 0.167. The Bertz CT molecular complexity index is 1080. The van der Waals surface area contributed by atoms with Gasteiger partial charge in [-0.05, 0) is 19.1 Å². The molecule has 0 saturated heterocycles. The summed E-state index contributed by atoms with van der Waals surface area (Å²) in [5.41, 5.74) is 3.17. The lowest BCUT2D eigenvalue weighted by Gasteiger charge is -2.08. The minimum absolute atomic E-state index is 0.118. The number of amides is 1. The zero-order chi connectivity index (χ0) is 18.6. The lowest BCUT2D eigenvalue weighted by molar-refractivity contribution is -0.113. The second-order valence-electron chi connectivity index (χ2n) is 5.69. The van der Waals surface area contributed by atoms with Gasteiger partial charge in [0, 0.05) is 12.1 Å².